The summed E-state index contributed by atoms with van der Waals surface area (Å²) in [6.45, 7) is 2.83. The minimum absolute atomic E-state index is 0.0320. The summed E-state index contributed by atoms with van der Waals surface area (Å²) in [6.07, 6.45) is 7.29. The second-order valence-corrected chi connectivity index (χ2v) is 7.20. The van der Waals surface area contributed by atoms with Crippen molar-refractivity contribution in [3.63, 3.8) is 0 Å². The maximum Gasteiger partial charge on any atom is 0.251 e. The lowest BCUT2D eigenvalue weighted by atomic mass is 9.90. The molecule has 0 atom stereocenters. The first-order chi connectivity index (χ1) is 12.3. The summed E-state index contributed by atoms with van der Waals surface area (Å²) in [6, 6.07) is 14.7. The number of rotatable bonds is 4. The number of amides is 1. The predicted octanol–water partition coefficient (Wildman–Crippen LogP) is 4.10. The van der Waals surface area contributed by atoms with Crippen molar-refractivity contribution in [1.29, 1.82) is 0 Å². The first-order valence-electron chi connectivity index (χ1n) is 9.54. The van der Waals surface area contributed by atoms with Crippen LogP contribution in [0.1, 0.15) is 52.7 Å². The third kappa shape index (κ3) is 3.55. The monoisotopic (exact) mass is 334 g/mol. The van der Waals surface area contributed by atoms with E-state index in [0.717, 1.165) is 31.5 Å². The fourth-order valence-corrected chi connectivity index (χ4v) is 4.08. The van der Waals surface area contributed by atoms with E-state index in [1.165, 1.54) is 48.1 Å². The van der Waals surface area contributed by atoms with Crippen LogP contribution in [0.5, 0.6) is 0 Å². The normalized spacial score (nSPS) is 16.6. The molecule has 1 fully saturated rings. The van der Waals surface area contributed by atoms with Crippen molar-refractivity contribution in [3.05, 3.63) is 64.7 Å². The van der Waals surface area contributed by atoms with Crippen LogP contribution in [0.25, 0.3) is 0 Å². The Kier molecular flexibility index (Phi) is 4.73. The van der Waals surface area contributed by atoms with Crippen LogP contribution in [0.15, 0.2) is 42.5 Å². The molecule has 1 heterocycles. The zero-order valence-corrected chi connectivity index (χ0v) is 14.8. The number of benzene rings is 2. The number of fused-ring (bicyclic) bond motifs is 1. The van der Waals surface area contributed by atoms with Crippen molar-refractivity contribution in [2.45, 2.75) is 45.1 Å². The van der Waals surface area contributed by atoms with E-state index in [1.54, 1.807) is 0 Å². The third-order valence-electron chi connectivity index (χ3n) is 5.49. The molecular weight excluding hydrogens is 308 g/mol. The van der Waals surface area contributed by atoms with Crippen LogP contribution in [0.3, 0.4) is 0 Å². The molecule has 1 amide bonds. The molecule has 3 nitrogen and oxygen atoms in total. The number of anilines is 1. The van der Waals surface area contributed by atoms with Gasteiger partial charge < -0.3 is 10.2 Å². The van der Waals surface area contributed by atoms with Gasteiger partial charge in [-0.15, -0.1) is 0 Å². The van der Waals surface area contributed by atoms with E-state index in [4.69, 9.17) is 0 Å². The van der Waals surface area contributed by atoms with Crippen molar-refractivity contribution in [2.75, 3.05) is 18.0 Å². The Hall–Kier alpha value is -2.29. The maximum atomic E-state index is 12.6. The number of aryl methyl sites for hydroxylation is 2. The molecule has 1 aliphatic carbocycles. The van der Waals surface area contributed by atoms with Crippen LogP contribution in [0, 0.1) is 0 Å². The van der Waals surface area contributed by atoms with E-state index in [9.17, 15) is 4.79 Å². The Morgan fingerprint density at radius 2 is 1.68 bits per heavy atom. The number of nitrogens with one attached hydrogen (secondary N) is 1. The van der Waals surface area contributed by atoms with Crippen molar-refractivity contribution < 1.29 is 4.79 Å². The standard InChI is InChI=1S/C22H26N2O/c25-22(19-12-11-17-7-1-2-8-18(17)15-19)23-16-20-9-3-4-10-21(20)24-13-5-6-14-24/h3-4,9-12,15H,1-2,5-8,13-14,16H2,(H,23,25). The highest BCUT2D eigenvalue weighted by Crippen LogP contribution is 2.25. The zero-order chi connectivity index (χ0) is 17.1. The van der Waals surface area contributed by atoms with Crippen molar-refractivity contribution >= 4 is 11.6 Å². The van der Waals surface area contributed by atoms with Crippen LogP contribution in [-0.2, 0) is 19.4 Å². The van der Waals surface area contributed by atoms with Gasteiger partial charge in [0.1, 0.15) is 0 Å². The number of carbonyl (C=O) groups excluding carboxylic acids is 1. The maximum absolute atomic E-state index is 12.6. The summed E-state index contributed by atoms with van der Waals surface area (Å²) >= 11 is 0. The largest absolute Gasteiger partial charge is 0.371 e. The highest BCUT2D eigenvalue weighted by Gasteiger charge is 2.16. The van der Waals surface area contributed by atoms with Gasteiger partial charge in [-0.3, -0.25) is 4.79 Å². The smallest absolute Gasteiger partial charge is 0.251 e. The van der Waals surface area contributed by atoms with Crippen LogP contribution >= 0.6 is 0 Å². The average Bonchev–Trinajstić information content (AvgIpc) is 3.20. The number of carbonyl (C=O) groups is 1. The molecule has 0 unspecified atom stereocenters. The van der Waals surface area contributed by atoms with Gasteiger partial charge in [-0.25, -0.2) is 0 Å². The summed E-state index contributed by atoms with van der Waals surface area (Å²) in [5, 5.41) is 3.12. The Balaban J connectivity index is 1.45. The highest BCUT2D eigenvalue weighted by molar-refractivity contribution is 5.94. The lowest BCUT2D eigenvalue weighted by Crippen LogP contribution is -2.25. The molecule has 0 aromatic heterocycles. The summed E-state index contributed by atoms with van der Waals surface area (Å²) in [5.41, 5.74) is 6.04. The van der Waals surface area contributed by atoms with Crippen molar-refractivity contribution in [2.24, 2.45) is 0 Å². The van der Waals surface area contributed by atoms with E-state index in [-0.39, 0.29) is 5.91 Å². The van der Waals surface area contributed by atoms with E-state index in [0.29, 0.717) is 6.54 Å². The quantitative estimate of drug-likeness (QED) is 0.913. The van der Waals surface area contributed by atoms with Crippen LogP contribution < -0.4 is 10.2 Å². The Morgan fingerprint density at radius 1 is 0.920 bits per heavy atom. The fraction of sp³-hybridized carbons (Fsp3) is 0.409. The minimum atomic E-state index is 0.0320. The Morgan fingerprint density at radius 3 is 2.52 bits per heavy atom. The topological polar surface area (TPSA) is 32.3 Å². The molecule has 25 heavy (non-hydrogen) atoms. The molecule has 2 aromatic carbocycles. The van der Waals surface area contributed by atoms with Gasteiger partial charge in [0.2, 0.25) is 0 Å². The summed E-state index contributed by atoms with van der Waals surface area (Å²) in [5.74, 6) is 0.0320. The molecule has 4 rings (SSSR count). The van der Waals surface area contributed by atoms with Gasteiger partial charge in [-0.05, 0) is 73.4 Å². The van der Waals surface area contributed by atoms with E-state index in [2.05, 4.69) is 46.6 Å². The van der Waals surface area contributed by atoms with Gasteiger partial charge >= 0.3 is 0 Å². The SMILES string of the molecule is O=C(NCc1ccccc1N1CCCC1)c1ccc2c(c1)CCCC2. The molecule has 3 heteroatoms. The van der Waals surface area contributed by atoms with E-state index < -0.39 is 0 Å². The Bertz CT molecular complexity index is 762. The summed E-state index contributed by atoms with van der Waals surface area (Å²) < 4.78 is 0. The van der Waals surface area contributed by atoms with Crippen molar-refractivity contribution in [3.8, 4) is 0 Å². The van der Waals surface area contributed by atoms with E-state index in [1.807, 2.05) is 6.07 Å². The van der Waals surface area contributed by atoms with E-state index >= 15 is 0 Å². The first kappa shape index (κ1) is 16.2. The number of para-hydroxylation sites is 1. The molecule has 0 saturated carbocycles. The molecule has 0 spiro atoms. The molecule has 1 aliphatic heterocycles. The van der Waals surface area contributed by atoms with Gasteiger partial charge in [0.15, 0.2) is 0 Å². The molecular formula is C22H26N2O. The lowest BCUT2D eigenvalue weighted by Gasteiger charge is -2.21. The molecule has 130 valence electrons. The van der Waals surface area contributed by atoms with Crippen LogP contribution in [0.2, 0.25) is 0 Å². The zero-order valence-electron chi connectivity index (χ0n) is 14.8. The second kappa shape index (κ2) is 7.30. The van der Waals surface area contributed by atoms with Crippen LogP contribution in [0.4, 0.5) is 5.69 Å². The third-order valence-corrected chi connectivity index (χ3v) is 5.49. The molecule has 1 saturated heterocycles. The van der Waals surface area contributed by atoms with Gasteiger partial charge in [0.25, 0.3) is 5.91 Å². The number of hydrogen-bond acceptors (Lipinski definition) is 2. The number of hydrogen-bond donors (Lipinski definition) is 1. The molecule has 0 bridgehead atoms. The Labute approximate surface area is 150 Å². The number of nitrogens with zero attached hydrogens (tertiary/aromatic N) is 1. The second-order valence-electron chi connectivity index (χ2n) is 7.20. The summed E-state index contributed by atoms with van der Waals surface area (Å²) in [7, 11) is 0. The highest BCUT2D eigenvalue weighted by atomic mass is 16.1. The fourth-order valence-electron chi connectivity index (χ4n) is 4.08. The molecule has 1 N–H and O–H groups in total. The van der Waals surface area contributed by atoms with Crippen LogP contribution in [-0.4, -0.2) is 19.0 Å². The predicted molar refractivity (Wildman–Crippen MR) is 102 cm³/mol. The summed E-state index contributed by atoms with van der Waals surface area (Å²) in [4.78, 5) is 15.0. The molecule has 2 aromatic rings. The van der Waals surface area contributed by atoms with Crippen molar-refractivity contribution in [1.82, 2.24) is 5.32 Å². The molecule has 0 radical (unpaired) electrons. The lowest BCUT2D eigenvalue weighted by molar-refractivity contribution is 0.0951. The molecule has 2 aliphatic rings. The van der Waals surface area contributed by atoms with Gasteiger partial charge in [-0.2, -0.15) is 0 Å². The first-order valence-corrected chi connectivity index (χ1v) is 9.54. The average molecular weight is 334 g/mol. The minimum Gasteiger partial charge on any atom is -0.371 e. The van der Waals surface area contributed by atoms with Gasteiger partial charge in [-0.1, -0.05) is 24.3 Å². The van der Waals surface area contributed by atoms with Gasteiger partial charge in [0.05, 0.1) is 0 Å². The van der Waals surface area contributed by atoms with Gasteiger partial charge in [0, 0.05) is 30.9 Å².